The molecule has 2 aliphatic rings. The van der Waals surface area contributed by atoms with Crippen molar-refractivity contribution in [1.82, 2.24) is 9.78 Å². The van der Waals surface area contributed by atoms with Gasteiger partial charge in [0.1, 0.15) is 5.82 Å². The fourth-order valence-electron chi connectivity index (χ4n) is 3.99. The average molecular weight is 379 g/mol. The monoisotopic (exact) mass is 379 g/mol. The molecule has 0 radical (unpaired) electrons. The third-order valence-electron chi connectivity index (χ3n) is 5.35. The van der Waals surface area contributed by atoms with Gasteiger partial charge in [0.25, 0.3) is 5.91 Å². The van der Waals surface area contributed by atoms with Crippen molar-refractivity contribution in [2.75, 3.05) is 17.6 Å². The summed E-state index contributed by atoms with van der Waals surface area (Å²) in [5.74, 6) is -0.868. The Morgan fingerprint density at radius 1 is 1.30 bits per heavy atom. The maximum absolute atomic E-state index is 13.3. The zero-order valence-corrected chi connectivity index (χ0v) is 14.5. The van der Waals surface area contributed by atoms with Crippen molar-refractivity contribution in [3.63, 3.8) is 0 Å². The van der Waals surface area contributed by atoms with Crippen molar-refractivity contribution in [1.29, 1.82) is 0 Å². The lowest BCUT2D eigenvalue weighted by molar-refractivity contribution is -0.137. The summed E-state index contributed by atoms with van der Waals surface area (Å²) in [6, 6.07) is 3.87. The number of rotatable bonds is 1. The molecule has 0 saturated carbocycles. The quantitative estimate of drug-likeness (QED) is 0.707. The number of aromatic nitrogens is 2. The van der Waals surface area contributed by atoms with Crippen molar-refractivity contribution in [2.24, 2.45) is 5.73 Å². The van der Waals surface area contributed by atoms with Crippen molar-refractivity contribution in [3.05, 3.63) is 40.6 Å². The molecule has 6 nitrogen and oxygen atoms in total. The van der Waals surface area contributed by atoms with Gasteiger partial charge in [0, 0.05) is 24.6 Å². The number of fused-ring (bicyclic) bond motifs is 2. The second-order valence-electron chi connectivity index (χ2n) is 7.10. The van der Waals surface area contributed by atoms with Gasteiger partial charge in [-0.15, -0.1) is 0 Å². The van der Waals surface area contributed by atoms with Crippen LogP contribution in [-0.4, -0.2) is 28.3 Å². The zero-order valence-electron chi connectivity index (χ0n) is 14.5. The maximum Gasteiger partial charge on any atom is 0.418 e. The summed E-state index contributed by atoms with van der Waals surface area (Å²) < 4.78 is 41.1. The zero-order chi connectivity index (χ0) is 19.3. The van der Waals surface area contributed by atoms with Gasteiger partial charge in [0.15, 0.2) is 0 Å². The highest BCUT2D eigenvalue weighted by Crippen LogP contribution is 2.42. The van der Waals surface area contributed by atoms with Crippen LogP contribution >= 0.6 is 0 Å². The summed E-state index contributed by atoms with van der Waals surface area (Å²) in [5, 5.41) is 7.13. The molecule has 2 aromatic rings. The molecule has 2 atom stereocenters. The van der Waals surface area contributed by atoms with Crippen LogP contribution in [0.1, 0.15) is 45.9 Å². The fraction of sp³-hybridized carbons (Fsp3) is 0.444. The van der Waals surface area contributed by atoms with Gasteiger partial charge in [0.2, 0.25) is 0 Å². The molecule has 0 fully saturated rings. The lowest BCUT2D eigenvalue weighted by Gasteiger charge is -2.28. The van der Waals surface area contributed by atoms with E-state index in [0.717, 1.165) is 22.7 Å². The Hall–Kier alpha value is -2.55. The molecule has 1 aliphatic carbocycles. The summed E-state index contributed by atoms with van der Waals surface area (Å²) in [4.78, 5) is 13.1. The number of benzene rings is 1. The molecule has 5 N–H and O–H groups in total. The molecule has 144 valence electrons. The molecule has 1 aromatic heterocycles. The first-order valence-electron chi connectivity index (χ1n) is 8.87. The Bertz CT molecular complexity index is 905. The largest absolute Gasteiger partial charge is 0.418 e. The lowest BCUT2D eigenvalue weighted by atomic mass is 9.88. The van der Waals surface area contributed by atoms with Gasteiger partial charge >= 0.3 is 6.18 Å². The van der Waals surface area contributed by atoms with Crippen LogP contribution in [0.2, 0.25) is 0 Å². The minimum atomic E-state index is -4.50. The summed E-state index contributed by atoms with van der Waals surface area (Å²) in [6.07, 6.45) is -2.17. The molecule has 1 unspecified atom stereocenters. The Labute approximate surface area is 153 Å². The van der Waals surface area contributed by atoms with E-state index in [0.29, 0.717) is 30.5 Å². The van der Waals surface area contributed by atoms with Crippen LogP contribution in [0.5, 0.6) is 0 Å². The number of nitrogens with one attached hydrogen (secondary N) is 1. The first kappa shape index (κ1) is 17.8. The van der Waals surface area contributed by atoms with Crippen LogP contribution in [0.25, 0.3) is 0 Å². The van der Waals surface area contributed by atoms with Gasteiger partial charge in [-0.05, 0) is 30.9 Å². The van der Waals surface area contributed by atoms with Gasteiger partial charge in [-0.3, -0.25) is 4.79 Å². The van der Waals surface area contributed by atoms with Gasteiger partial charge in [-0.1, -0.05) is 12.1 Å². The first-order chi connectivity index (χ1) is 12.8. The van der Waals surface area contributed by atoms with Crippen molar-refractivity contribution in [2.45, 2.75) is 43.8 Å². The van der Waals surface area contributed by atoms with Crippen LogP contribution in [0.4, 0.5) is 24.7 Å². The van der Waals surface area contributed by atoms with Crippen LogP contribution in [-0.2, 0) is 19.0 Å². The topological polar surface area (TPSA) is 99.0 Å². The Morgan fingerprint density at radius 3 is 2.81 bits per heavy atom. The number of nitrogen functional groups attached to an aromatic ring is 1. The maximum atomic E-state index is 13.3. The molecule has 0 bridgehead atoms. The van der Waals surface area contributed by atoms with Crippen LogP contribution < -0.4 is 16.8 Å². The SMILES string of the molecule is Nc1c2c(nn1C(=O)C1CCNc3c1cccc3C(F)(F)F)C[C@H](N)CC2. The van der Waals surface area contributed by atoms with Gasteiger partial charge in [-0.2, -0.15) is 23.0 Å². The van der Waals surface area contributed by atoms with Crippen LogP contribution in [0.15, 0.2) is 18.2 Å². The van der Waals surface area contributed by atoms with E-state index >= 15 is 0 Å². The number of carbonyl (C=O) groups is 1. The molecular formula is C18H20F3N5O. The Morgan fingerprint density at radius 2 is 2.07 bits per heavy atom. The third-order valence-corrected chi connectivity index (χ3v) is 5.35. The molecule has 0 spiro atoms. The van der Waals surface area contributed by atoms with Gasteiger partial charge in [-0.25, -0.2) is 0 Å². The molecule has 9 heteroatoms. The molecule has 1 aromatic carbocycles. The minimum Gasteiger partial charge on any atom is -0.384 e. The molecule has 2 heterocycles. The van der Waals surface area contributed by atoms with E-state index in [1.807, 2.05) is 0 Å². The number of para-hydroxylation sites is 1. The second kappa shape index (κ2) is 6.26. The highest BCUT2D eigenvalue weighted by molar-refractivity contribution is 5.90. The smallest absolute Gasteiger partial charge is 0.384 e. The van der Waals surface area contributed by atoms with Crippen molar-refractivity contribution >= 4 is 17.4 Å². The number of alkyl halides is 3. The van der Waals surface area contributed by atoms with Crippen molar-refractivity contribution in [3.8, 4) is 0 Å². The Balaban J connectivity index is 1.74. The van der Waals surface area contributed by atoms with E-state index < -0.39 is 23.6 Å². The van der Waals surface area contributed by atoms with E-state index in [1.165, 1.54) is 6.07 Å². The van der Waals surface area contributed by atoms with Gasteiger partial charge in [0.05, 0.1) is 22.9 Å². The molecule has 1 aliphatic heterocycles. The molecular weight excluding hydrogens is 359 g/mol. The number of nitrogens with two attached hydrogens (primary N) is 2. The molecule has 27 heavy (non-hydrogen) atoms. The van der Waals surface area contributed by atoms with E-state index in [1.54, 1.807) is 6.07 Å². The molecule has 0 saturated heterocycles. The highest BCUT2D eigenvalue weighted by atomic mass is 19.4. The predicted molar refractivity (Wildman–Crippen MR) is 94.6 cm³/mol. The number of nitrogens with zero attached hydrogens (tertiary/aromatic N) is 2. The number of carbonyl (C=O) groups excluding carboxylic acids is 1. The minimum absolute atomic E-state index is 0.0238. The van der Waals surface area contributed by atoms with Crippen LogP contribution in [0, 0.1) is 0 Å². The molecule has 0 amide bonds. The molecule has 4 rings (SSSR count). The second-order valence-corrected chi connectivity index (χ2v) is 7.10. The van der Waals surface area contributed by atoms with E-state index in [-0.39, 0.29) is 24.1 Å². The summed E-state index contributed by atoms with van der Waals surface area (Å²) >= 11 is 0. The third kappa shape index (κ3) is 2.95. The summed E-state index contributed by atoms with van der Waals surface area (Å²) in [7, 11) is 0. The lowest BCUT2D eigenvalue weighted by Crippen LogP contribution is -2.29. The van der Waals surface area contributed by atoms with E-state index in [4.69, 9.17) is 11.5 Å². The highest BCUT2D eigenvalue weighted by Gasteiger charge is 2.38. The number of halogens is 3. The average Bonchev–Trinajstić information content (AvgIpc) is 2.95. The fourth-order valence-corrected chi connectivity index (χ4v) is 3.99. The number of anilines is 2. The number of hydrogen-bond acceptors (Lipinski definition) is 5. The standard InChI is InChI=1S/C18H20F3N5O/c19-18(20,21)13-3-1-2-10-11(6-7-24-15(10)13)17(27)26-16(23)12-5-4-9(22)8-14(12)25-26/h1-3,9,11,24H,4-8,22-23H2/t9-,11?/m1/s1. The summed E-state index contributed by atoms with van der Waals surface area (Å²) in [5.41, 5.74) is 13.1. The summed E-state index contributed by atoms with van der Waals surface area (Å²) in [6.45, 7) is 0.266. The van der Waals surface area contributed by atoms with E-state index in [2.05, 4.69) is 10.4 Å². The normalized spacial score (nSPS) is 21.9. The number of hydrogen-bond donors (Lipinski definition) is 3. The first-order valence-corrected chi connectivity index (χ1v) is 8.87. The van der Waals surface area contributed by atoms with Crippen LogP contribution in [0.3, 0.4) is 0 Å². The van der Waals surface area contributed by atoms with E-state index in [9.17, 15) is 18.0 Å². The van der Waals surface area contributed by atoms with Crippen molar-refractivity contribution < 1.29 is 18.0 Å². The Kier molecular flexibility index (Phi) is 4.14. The van der Waals surface area contributed by atoms with Gasteiger partial charge < -0.3 is 16.8 Å². The predicted octanol–water partition coefficient (Wildman–Crippen LogP) is 2.54.